The van der Waals surface area contributed by atoms with Gasteiger partial charge in [-0.3, -0.25) is 9.67 Å². The number of hydrogen-bond donors (Lipinski definition) is 1. The van der Waals surface area contributed by atoms with Gasteiger partial charge in [-0.05, 0) is 18.1 Å². The average molecular weight is 231 g/mol. The lowest BCUT2D eigenvalue weighted by atomic mass is 10.1. The summed E-state index contributed by atoms with van der Waals surface area (Å²) < 4.78 is 1.91. The summed E-state index contributed by atoms with van der Waals surface area (Å²) in [5.74, 6) is 0.934. The zero-order chi connectivity index (χ0) is 12.1. The van der Waals surface area contributed by atoms with E-state index in [2.05, 4.69) is 22.0 Å². The molecule has 0 radical (unpaired) electrons. The normalized spacial score (nSPS) is 12.6. The molecule has 5 heteroatoms. The number of aromatic nitrogens is 4. The van der Waals surface area contributed by atoms with Gasteiger partial charge in [0.1, 0.15) is 12.2 Å². The summed E-state index contributed by atoms with van der Waals surface area (Å²) in [5.41, 5.74) is 7.16. The summed E-state index contributed by atoms with van der Waals surface area (Å²) in [6.45, 7) is 3.00. The molecule has 0 saturated heterocycles. The van der Waals surface area contributed by atoms with Crippen LogP contribution in [0, 0.1) is 0 Å². The molecule has 0 fully saturated rings. The smallest absolute Gasteiger partial charge is 0.138 e. The van der Waals surface area contributed by atoms with Gasteiger partial charge in [-0.25, -0.2) is 4.98 Å². The molecule has 0 bridgehead atoms. The van der Waals surface area contributed by atoms with E-state index >= 15 is 0 Å². The molecule has 17 heavy (non-hydrogen) atoms. The van der Waals surface area contributed by atoms with Gasteiger partial charge in [0.2, 0.25) is 0 Å². The number of rotatable bonds is 5. The van der Waals surface area contributed by atoms with Crippen LogP contribution < -0.4 is 5.73 Å². The van der Waals surface area contributed by atoms with Crippen molar-refractivity contribution in [2.24, 2.45) is 5.73 Å². The Hall–Kier alpha value is -1.75. The molecule has 0 spiro atoms. The Morgan fingerprint density at radius 2 is 2.35 bits per heavy atom. The highest BCUT2D eigenvalue weighted by Gasteiger charge is 2.11. The van der Waals surface area contributed by atoms with E-state index in [9.17, 15) is 0 Å². The highest BCUT2D eigenvalue weighted by atomic mass is 15.3. The third kappa shape index (κ3) is 2.88. The average Bonchev–Trinajstić information content (AvgIpc) is 2.78. The molecule has 1 unspecified atom stereocenters. The van der Waals surface area contributed by atoms with Gasteiger partial charge in [-0.2, -0.15) is 5.10 Å². The minimum Gasteiger partial charge on any atom is -0.324 e. The van der Waals surface area contributed by atoms with E-state index in [0.717, 1.165) is 24.4 Å². The van der Waals surface area contributed by atoms with Crippen molar-refractivity contribution in [1.29, 1.82) is 0 Å². The van der Waals surface area contributed by atoms with Gasteiger partial charge in [0.05, 0.1) is 0 Å². The summed E-state index contributed by atoms with van der Waals surface area (Å²) in [5, 5.41) is 4.19. The van der Waals surface area contributed by atoms with Crippen molar-refractivity contribution in [3.63, 3.8) is 0 Å². The predicted molar refractivity (Wildman–Crippen MR) is 65.2 cm³/mol. The first-order valence-corrected chi connectivity index (χ1v) is 5.83. The van der Waals surface area contributed by atoms with E-state index in [1.165, 1.54) is 0 Å². The molecule has 5 nitrogen and oxygen atoms in total. The van der Waals surface area contributed by atoms with Gasteiger partial charge in [-0.15, -0.1) is 0 Å². The number of nitrogens with zero attached hydrogens (tertiary/aromatic N) is 4. The largest absolute Gasteiger partial charge is 0.324 e. The Labute approximate surface area is 101 Å². The first-order chi connectivity index (χ1) is 8.31. The second-order valence-corrected chi connectivity index (χ2v) is 4.00. The van der Waals surface area contributed by atoms with Crippen LogP contribution in [0.15, 0.2) is 30.9 Å². The van der Waals surface area contributed by atoms with Crippen molar-refractivity contribution in [2.45, 2.75) is 32.4 Å². The zero-order valence-electron chi connectivity index (χ0n) is 9.95. The van der Waals surface area contributed by atoms with Crippen LogP contribution in [0.2, 0.25) is 0 Å². The minimum absolute atomic E-state index is 0.0801. The van der Waals surface area contributed by atoms with E-state index in [-0.39, 0.29) is 6.04 Å². The van der Waals surface area contributed by atoms with E-state index in [1.54, 1.807) is 18.7 Å². The second-order valence-electron chi connectivity index (χ2n) is 4.00. The van der Waals surface area contributed by atoms with Crippen molar-refractivity contribution in [3.05, 3.63) is 42.2 Å². The van der Waals surface area contributed by atoms with Crippen molar-refractivity contribution in [1.82, 2.24) is 19.7 Å². The van der Waals surface area contributed by atoms with Crippen LogP contribution in [-0.4, -0.2) is 19.7 Å². The van der Waals surface area contributed by atoms with E-state index in [0.29, 0.717) is 6.42 Å². The first kappa shape index (κ1) is 11.7. The summed E-state index contributed by atoms with van der Waals surface area (Å²) in [6, 6.07) is 3.80. The lowest BCUT2D eigenvalue weighted by Gasteiger charge is -2.11. The van der Waals surface area contributed by atoms with Crippen molar-refractivity contribution < 1.29 is 0 Å². The lowest BCUT2D eigenvalue weighted by molar-refractivity contribution is 0.547. The fourth-order valence-corrected chi connectivity index (χ4v) is 1.75. The summed E-state index contributed by atoms with van der Waals surface area (Å²) in [6.07, 6.45) is 6.85. The highest BCUT2D eigenvalue weighted by Crippen LogP contribution is 2.13. The molecule has 2 aromatic heterocycles. The molecule has 0 aliphatic carbocycles. The molecule has 2 N–H and O–H groups in total. The SMILES string of the molecule is CCCn1ncnc1CC(N)c1cccnc1. The third-order valence-corrected chi connectivity index (χ3v) is 2.65. The van der Waals surface area contributed by atoms with Crippen molar-refractivity contribution in [2.75, 3.05) is 0 Å². The quantitative estimate of drug-likeness (QED) is 0.842. The lowest BCUT2D eigenvalue weighted by Crippen LogP contribution is -2.17. The monoisotopic (exact) mass is 231 g/mol. The maximum atomic E-state index is 6.13. The zero-order valence-corrected chi connectivity index (χ0v) is 9.95. The van der Waals surface area contributed by atoms with E-state index in [4.69, 9.17) is 5.73 Å². The third-order valence-electron chi connectivity index (χ3n) is 2.65. The molecular weight excluding hydrogens is 214 g/mol. The van der Waals surface area contributed by atoms with Crippen LogP contribution in [0.5, 0.6) is 0 Å². The maximum absolute atomic E-state index is 6.13. The van der Waals surface area contributed by atoms with E-state index < -0.39 is 0 Å². The standard InChI is InChI=1S/C12H17N5/c1-2-6-17-12(15-9-16-17)7-11(13)10-4-3-5-14-8-10/h3-5,8-9,11H,2,6-7,13H2,1H3. The molecule has 1 atom stereocenters. The Morgan fingerprint density at radius 3 is 3.06 bits per heavy atom. The molecular formula is C12H17N5. The molecule has 2 heterocycles. The van der Waals surface area contributed by atoms with Gasteiger partial charge in [0.15, 0.2) is 0 Å². The van der Waals surface area contributed by atoms with Crippen LogP contribution in [0.3, 0.4) is 0 Å². The first-order valence-electron chi connectivity index (χ1n) is 5.83. The van der Waals surface area contributed by atoms with Gasteiger partial charge < -0.3 is 5.73 Å². The Balaban J connectivity index is 2.08. The second kappa shape index (κ2) is 5.54. The summed E-state index contributed by atoms with van der Waals surface area (Å²) in [7, 11) is 0. The van der Waals surface area contributed by atoms with Gasteiger partial charge in [0, 0.05) is 31.4 Å². The van der Waals surface area contributed by atoms with Gasteiger partial charge in [-0.1, -0.05) is 13.0 Å². The number of nitrogens with two attached hydrogens (primary N) is 1. The van der Waals surface area contributed by atoms with E-state index in [1.807, 2.05) is 16.8 Å². The molecule has 0 amide bonds. The molecule has 0 aliphatic rings. The highest BCUT2D eigenvalue weighted by molar-refractivity contribution is 5.14. The summed E-state index contributed by atoms with van der Waals surface area (Å²) in [4.78, 5) is 8.32. The Kier molecular flexibility index (Phi) is 3.82. The predicted octanol–water partition coefficient (Wildman–Crippen LogP) is 1.33. The minimum atomic E-state index is -0.0801. The molecule has 90 valence electrons. The number of hydrogen-bond acceptors (Lipinski definition) is 4. The summed E-state index contributed by atoms with van der Waals surface area (Å²) >= 11 is 0. The molecule has 2 rings (SSSR count). The molecule has 0 aliphatic heterocycles. The topological polar surface area (TPSA) is 69.6 Å². The van der Waals surface area contributed by atoms with Crippen LogP contribution >= 0.6 is 0 Å². The number of pyridine rings is 1. The van der Waals surface area contributed by atoms with Gasteiger partial charge >= 0.3 is 0 Å². The molecule has 0 aromatic carbocycles. The molecule has 0 saturated carbocycles. The Bertz CT molecular complexity index is 451. The Morgan fingerprint density at radius 1 is 1.47 bits per heavy atom. The van der Waals surface area contributed by atoms with Crippen molar-refractivity contribution in [3.8, 4) is 0 Å². The van der Waals surface area contributed by atoms with Crippen LogP contribution in [0.25, 0.3) is 0 Å². The van der Waals surface area contributed by atoms with Crippen molar-refractivity contribution >= 4 is 0 Å². The number of aryl methyl sites for hydroxylation is 1. The van der Waals surface area contributed by atoms with Crippen LogP contribution in [-0.2, 0) is 13.0 Å². The molecule has 2 aromatic rings. The van der Waals surface area contributed by atoms with Gasteiger partial charge in [0.25, 0.3) is 0 Å². The fraction of sp³-hybridized carbons (Fsp3) is 0.417. The van der Waals surface area contributed by atoms with Crippen LogP contribution in [0.1, 0.15) is 30.8 Å². The van der Waals surface area contributed by atoms with Crippen LogP contribution in [0.4, 0.5) is 0 Å². The fourth-order valence-electron chi connectivity index (χ4n) is 1.75. The maximum Gasteiger partial charge on any atom is 0.138 e.